The molecule has 19 heavy (non-hydrogen) atoms. The van der Waals surface area contributed by atoms with Gasteiger partial charge in [0.1, 0.15) is 6.23 Å². The molecule has 0 heterocycles. The van der Waals surface area contributed by atoms with Crippen LogP contribution >= 0.6 is 0 Å². The second-order valence-electron chi connectivity index (χ2n) is 5.24. The molecule has 4 nitrogen and oxygen atoms in total. The number of aliphatic carboxylic acids is 1. The highest BCUT2D eigenvalue weighted by molar-refractivity contribution is 5.69. The van der Waals surface area contributed by atoms with Gasteiger partial charge in [0.25, 0.3) is 0 Å². The lowest BCUT2D eigenvalue weighted by Crippen LogP contribution is -2.30. The van der Waals surface area contributed by atoms with E-state index >= 15 is 0 Å². The van der Waals surface area contributed by atoms with Gasteiger partial charge in [0.15, 0.2) is 0 Å². The van der Waals surface area contributed by atoms with E-state index in [1.807, 2.05) is 44.2 Å². The zero-order valence-electron chi connectivity index (χ0n) is 11.6. The molecule has 0 aliphatic rings. The van der Waals surface area contributed by atoms with Crippen molar-refractivity contribution in [3.05, 3.63) is 35.9 Å². The molecule has 1 aromatic rings. The van der Waals surface area contributed by atoms with Crippen molar-refractivity contribution in [1.82, 2.24) is 0 Å². The molecule has 3 N–H and O–H groups in total. The van der Waals surface area contributed by atoms with Crippen LogP contribution in [0.1, 0.15) is 32.3 Å². The number of carboxylic acids is 1. The van der Waals surface area contributed by atoms with Crippen LogP contribution in [0.2, 0.25) is 0 Å². The maximum atomic E-state index is 11.1. The molecule has 2 unspecified atom stereocenters. The number of nitrogens with two attached hydrogens (primary N) is 1. The van der Waals surface area contributed by atoms with Crippen LogP contribution in [0, 0.1) is 11.8 Å². The first-order valence-electron chi connectivity index (χ1n) is 6.63. The van der Waals surface area contributed by atoms with Crippen molar-refractivity contribution in [1.29, 1.82) is 0 Å². The van der Waals surface area contributed by atoms with Gasteiger partial charge in [0, 0.05) is 0 Å². The number of carboxylic acid groups (broad SMARTS) is 1. The molecule has 0 aliphatic carbocycles. The van der Waals surface area contributed by atoms with Crippen LogP contribution in [0.5, 0.6) is 0 Å². The molecule has 0 aromatic heterocycles. The molecule has 0 saturated heterocycles. The predicted octanol–water partition coefficient (Wildman–Crippen LogP) is 2.62. The molecule has 0 saturated carbocycles. The SMILES string of the molecule is CC(C)CC(CC(N)OCc1ccccc1)C(=O)O. The molecule has 4 heteroatoms. The van der Waals surface area contributed by atoms with Crippen LogP contribution in [0.3, 0.4) is 0 Å². The van der Waals surface area contributed by atoms with E-state index in [-0.39, 0.29) is 0 Å². The highest BCUT2D eigenvalue weighted by atomic mass is 16.5. The summed E-state index contributed by atoms with van der Waals surface area (Å²) in [6, 6.07) is 9.71. The third-order valence-corrected chi connectivity index (χ3v) is 2.93. The van der Waals surface area contributed by atoms with Crippen LogP contribution in [0.15, 0.2) is 30.3 Å². The molecule has 1 aromatic carbocycles. The number of ether oxygens (including phenoxy) is 1. The van der Waals surface area contributed by atoms with Gasteiger partial charge in [0.2, 0.25) is 0 Å². The summed E-state index contributed by atoms with van der Waals surface area (Å²) < 4.78 is 5.50. The topological polar surface area (TPSA) is 72.5 Å². The summed E-state index contributed by atoms with van der Waals surface area (Å²) in [6.45, 7) is 4.43. The van der Waals surface area contributed by atoms with Gasteiger partial charge in [-0.1, -0.05) is 44.2 Å². The Morgan fingerprint density at radius 2 is 1.89 bits per heavy atom. The average molecular weight is 265 g/mol. The summed E-state index contributed by atoms with van der Waals surface area (Å²) in [5, 5.41) is 9.15. The normalized spacial score (nSPS) is 14.3. The zero-order valence-corrected chi connectivity index (χ0v) is 11.6. The van der Waals surface area contributed by atoms with Crippen molar-refractivity contribution in [2.45, 2.75) is 39.5 Å². The molecule has 0 fully saturated rings. The van der Waals surface area contributed by atoms with Crippen LogP contribution in [0.25, 0.3) is 0 Å². The lowest BCUT2D eigenvalue weighted by molar-refractivity contribution is -0.144. The zero-order chi connectivity index (χ0) is 14.3. The van der Waals surface area contributed by atoms with E-state index in [4.69, 9.17) is 15.6 Å². The second kappa shape index (κ2) is 7.92. The van der Waals surface area contributed by atoms with Crippen molar-refractivity contribution in [2.75, 3.05) is 0 Å². The number of carbonyl (C=O) groups is 1. The maximum Gasteiger partial charge on any atom is 0.306 e. The maximum absolute atomic E-state index is 11.1. The minimum atomic E-state index is -0.799. The Morgan fingerprint density at radius 3 is 2.42 bits per heavy atom. The summed E-state index contributed by atoms with van der Waals surface area (Å²) in [7, 11) is 0. The second-order valence-corrected chi connectivity index (χ2v) is 5.24. The first-order chi connectivity index (χ1) is 8.99. The van der Waals surface area contributed by atoms with Gasteiger partial charge in [-0.2, -0.15) is 0 Å². The summed E-state index contributed by atoms with van der Waals surface area (Å²) in [4.78, 5) is 11.1. The van der Waals surface area contributed by atoms with Crippen LogP contribution in [-0.4, -0.2) is 17.3 Å². The largest absolute Gasteiger partial charge is 0.481 e. The van der Waals surface area contributed by atoms with Crippen LogP contribution in [-0.2, 0) is 16.1 Å². The van der Waals surface area contributed by atoms with E-state index in [9.17, 15) is 4.79 Å². The Bertz CT molecular complexity index is 378. The summed E-state index contributed by atoms with van der Waals surface area (Å²) in [5.74, 6) is -0.902. The highest BCUT2D eigenvalue weighted by Crippen LogP contribution is 2.18. The van der Waals surface area contributed by atoms with Gasteiger partial charge in [0.05, 0.1) is 12.5 Å². The average Bonchev–Trinajstić information content (AvgIpc) is 2.36. The van der Waals surface area contributed by atoms with E-state index in [0.29, 0.717) is 25.4 Å². The van der Waals surface area contributed by atoms with Gasteiger partial charge in [-0.3, -0.25) is 4.79 Å². The molecule has 0 bridgehead atoms. The fourth-order valence-electron chi connectivity index (χ4n) is 1.99. The van der Waals surface area contributed by atoms with Crippen molar-refractivity contribution >= 4 is 5.97 Å². The Hall–Kier alpha value is -1.39. The third kappa shape index (κ3) is 6.36. The number of benzene rings is 1. The number of rotatable bonds is 8. The number of hydrogen-bond acceptors (Lipinski definition) is 3. The standard InChI is InChI=1S/C15H23NO3/c1-11(2)8-13(15(17)18)9-14(16)19-10-12-6-4-3-5-7-12/h3-7,11,13-14H,8-10,16H2,1-2H3,(H,17,18). The predicted molar refractivity (Wildman–Crippen MR) is 74.4 cm³/mol. The molecule has 1 rings (SSSR count). The fraction of sp³-hybridized carbons (Fsp3) is 0.533. The Balaban J connectivity index is 2.40. The lowest BCUT2D eigenvalue weighted by Gasteiger charge is -2.19. The molecule has 0 aliphatic heterocycles. The minimum absolute atomic E-state index is 0.336. The highest BCUT2D eigenvalue weighted by Gasteiger charge is 2.22. The molecule has 106 valence electrons. The quantitative estimate of drug-likeness (QED) is 0.709. The first-order valence-corrected chi connectivity index (χ1v) is 6.63. The molecule has 2 atom stereocenters. The van der Waals surface area contributed by atoms with Gasteiger partial charge in [-0.05, 0) is 24.3 Å². The van der Waals surface area contributed by atoms with Gasteiger partial charge >= 0.3 is 5.97 Å². The Labute approximate surface area is 114 Å². The van der Waals surface area contributed by atoms with E-state index in [1.54, 1.807) is 0 Å². The Kier molecular flexibility index (Phi) is 6.53. The first kappa shape index (κ1) is 15.7. The summed E-state index contributed by atoms with van der Waals surface area (Å²) in [5.41, 5.74) is 6.89. The van der Waals surface area contributed by atoms with Crippen molar-refractivity contribution in [3.8, 4) is 0 Å². The molecular weight excluding hydrogens is 242 g/mol. The summed E-state index contributed by atoms with van der Waals surface area (Å²) in [6.07, 6.45) is 0.429. The van der Waals surface area contributed by atoms with E-state index < -0.39 is 18.1 Å². The van der Waals surface area contributed by atoms with Gasteiger partial charge < -0.3 is 15.6 Å². The van der Waals surface area contributed by atoms with Crippen LogP contribution < -0.4 is 5.73 Å². The number of hydrogen-bond donors (Lipinski definition) is 2. The molecule has 0 spiro atoms. The smallest absolute Gasteiger partial charge is 0.306 e. The van der Waals surface area contributed by atoms with Gasteiger partial charge in [-0.25, -0.2) is 0 Å². The Morgan fingerprint density at radius 1 is 1.26 bits per heavy atom. The van der Waals surface area contributed by atoms with E-state index in [1.165, 1.54) is 0 Å². The van der Waals surface area contributed by atoms with Crippen LogP contribution in [0.4, 0.5) is 0 Å². The van der Waals surface area contributed by atoms with Crippen molar-refractivity contribution < 1.29 is 14.6 Å². The molecule has 0 radical (unpaired) electrons. The van der Waals surface area contributed by atoms with E-state index in [2.05, 4.69) is 0 Å². The monoisotopic (exact) mass is 265 g/mol. The third-order valence-electron chi connectivity index (χ3n) is 2.93. The van der Waals surface area contributed by atoms with Crippen molar-refractivity contribution in [2.24, 2.45) is 17.6 Å². The fourth-order valence-corrected chi connectivity index (χ4v) is 1.99. The molecule has 0 amide bonds. The van der Waals surface area contributed by atoms with E-state index in [0.717, 1.165) is 5.56 Å². The lowest BCUT2D eigenvalue weighted by atomic mass is 9.94. The minimum Gasteiger partial charge on any atom is -0.481 e. The van der Waals surface area contributed by atoms with Gasteiger partial charge in [-0.15, -0.1) is 0 Å². The summed E-state index contributed by atoms with van der Waals surface area (Å²) >= 11 is 0. The molecular formula is C15H23NO3. The van der Waals surface area contributed by atoms with Crippen molar-refractivity contribution in [3.63, 3.8) is 0 Å².